The van der Waals surface area contributed by atoms with E-state index in [9.17, 15) is 4.79 Å². The zero-order chi connectivity index (χ0) is 10.6. The van der Waals surface area contributed by atoms with Crippen LogP contribution in [-0.2, 0) is 0 Å². The molecule has 1 N–H and O–H groups in total. The molecular formula is C10H12INOS. The third kappa shape index (κ3) is 3.16. The molecule has 0 saturated carbocycles. The number of aryl methyl sites for hydroxylation is 1. The summed E-state index contributed by atoms with van der Waals surface area (Å²) >= 11 is 3.83. The molecule has 2 nitrogen and oxygen atoms in total. The lowest BCUT2D eigenvalue weighted by Gasteiger charge is -2.04. The summed E-state index contributed by atoms with van der Waals surface area (Å²) in [6, 6.07) is 5.73. The highest BCUT2D eigenvalue weighted by atomic mass is 127. The van der Waals surface area contributed by atoms with Crippen LogP contribution in [0.4, 0.5) is 0 Å². The minimum absolute atomic E-state index is 0.00253. The molecule has 1 amide bonds. The van der Waals surface area contributed by atoms with Crippen LogP contribution >= 0.6 is 34.4 Å². The Morgan fingerprint density at radius 2 is 2.29 bits per heavy atom. The predicted octanol–water partition coefficient (Wildman–Crippen LogP) is 2.65. The van der Waals surface area contributed by atoms with Gasteiger partial charge in [0, 0.05) is 9.13 Å². The van der Waals surface area contributed by atoms with Crippen molar-refractivity contribution in [1.82, 2.24) is 5.32 Å². The fourth-order valence-electron chi connectivity index (χ4n) is 0.974. The Morgan fingerprint density at radius 1 is 1.57 bits per heavy atom. The van der Waals surface area contributed by atoms with Crippen molar-refractivity contribution in [2.75, 3.05) is 12.1 Å². The smallest absolute Gasteiger partial charge is 0.251 e. The number of halogens is 1. The summed E-state index contributed by atoms with van der Waals surface area (Å²) in [7, 11) is 0. The first-order valence-corrected chi connectivity index (χ1v) is 6.65. The molecule has 0 atom stereocenters. The number of hydrogen-bond donors (Lipinski definition) is 1. The second-order valence-corrected chi connectivity index (χ2v) is 4.93. The first-order chi connectivity index (χ1) is 6.65. The van der Waals surface area contributed by atoms with Crippen LogP contribution in [0.15, 0.2) is 18.2 Å². The minimum Gasteiger partial charge on any atom is -0.343 e. The van der Waals surface area contributed by atoms with Crippen molar-refractivity contribution in [2.24, 2.45) is 0 Å². The van der Waals surface area contributed by atoms with Gasteiger partial charge >= 0.3 is 0 Å². The lowest BCUT2D eigenvalue weighted by molar-refractivity contribution is 0.0961. The van der Waals surface area contributed by atoms with Crippen molar-refractivity contribution in [2.45, 2.75) is 6.92 Å². The van der Waals surface area contributed by atoms with E-state index in [1.165, 1.54) is 5.56 Å². The summed E-state index contributed by atoms with van der Waals surface area (Å²) in [6.07, 6.45) is 1.96. The van der Waals surface area contributed by atoms with E-state index in [-0.39, 0.29) is 5.91 Å². The van der Waals surface area contributed by atoms with Gasteiger partial charge in [-0.3, -0.25) is 4.79 Å². The number of thioether (sulfide) groups is 1. The van der Waals surface area contributed by atoms with E-state index in [0.717, 1.165) is 9.13 Å². The van der Waals surface area contributed by atoms with E-state index in [0.29, 0.717) is 5.88 Å². The number of nitrogens with one attached hydrogen (secondary N) is 1. The SMILES string of the molecule is CSCNC(=O)c1ccc(C)c(I)c1. The summed E-state index contributed by atoms with van der Waals surface area (Å²) in [6.45, 7) is 2.03. The van der Waals surface area contributed by atoms with E-state index < -0.39 is 0 Å². The van der Waals surface area contributed by atoms with E-state index in [2.05, 4.69) is 27.9 Å². The second kappa shape index (κ2) is 5.60. The van der Waals surface area contributed by atoms with Crippen molar-refractivity contribution in [3.63, 3.8) is 0 Å². The fraction of sp³-hybridized carbons (Fsp3) is 0.300. The molecule has 0 spiro atoms. The summed E-state index contributed by atoms with van der Waals surface area (Å²) in [5.74, 6) is 0.654. The lowest BCUT2D eigenvalue weighted by atomic mass is 10.1. The molecule has 0 aliphatic heterocycles. The quantitative estimate of drug-likeness (QED) is 0.685. The lowest BCUT2D eigenvalue weighted by Crippen LogP contribution is -2.22. The highest BCUT2D eigenvalue weighted by Crippen LogP contribution is 2.13. The highest BCUT2D eigenvalue weighted by Gasteiger charge is 2.05. The van der Waals surface area contributed by atoms with Crippen LogP contribution in [0.1, 0.15) is 15.9 Å². The number of amides is 1. The molecule has 14 heavy (non-hydrogen) atoms. The van der Waals surface area contributed by atoms with Crippen LogP contribution in [0.2, 0.25) is 0 Å². The molecule has 0 unspecified atom stereocenters. The summed E-state index contributed by atoms with van der Waals surface area (Å²) in [5.41, 5.74) is 1.93. The van der Waals surface area contributed by atoms with Gasteiger partial charge in [0.15, 0.2) is 0 Å². The Labute approximate surface area is 102 Å². The molecule has 1 rings (SSSR count). The zero-order valence-electron chi connectivity index (χ0n) is 8.13. The molecule has 0 heterocycles. The van der Waals surface area contributed by atoms with Gasteiger partial charge in [0.1, 0.15) is 0 Å². The Bertz CT molecular complexity index is 341. The number of carbonyl (C=O) groups is 1. The summed E-state index contributed by atoms with van der Waals surface area (Å²) in [5, 5.41) is 2.82. The minimum atomic E-state index is -0.00253. The number of benzene rings is 1. The van der Waals surface area contributed by atoms with Gasteiger partial charge in [0.2, 0.25) is 0 Å². The highest BCUT2D eigenvalue weighted by molar-refractivity contribution is 14.1. The molecule has 0 fully saturated rings. The Morgan fingerprint density at radius 3 is 2.86 bits per heavy atom. The third-order valence-corrected chi connectivity index (χ3v) is 3.41. The van der Waals surface area contributed by atoms with Crippen LogP contribution in [0, 0.1) is 10.5 Å². The van der Waals surface area contributed by atoms with E-state index in [1.807, 2.05) is 31.4 Å². The van der Waals surface area contributed by atoms with Crippen molar-refractivity contribution < 1.29 is 4.79 Å². The second-order valence-electron chi connectivity index (χ2n) is 2.90. The standard InChI is InChI=1S/C10H12INOS/c1-7-3-4-8(5-9(7)11)10(13)12-6-14-2/h3-5H,6H2,1-2H3,(H,12,13). The van der Waals surface area contributed by atoms with Gasteiger partial charge < -0.3 is 5.32 Å². The third-order valence-electron chi connectivity index (χ3n) is 1.81. The summed E-state index contributed by atoms with van der Waals surface area (Å²) < 4.78 is 1.12. The molecule has 0 aliphatic rings. The maximum atomic E-state index is 11.5. The predicted molar refractivity (Wildman–Crippen MR) is 69.7 cm³/mol. The first kappa shape index (κ1) is 11.8. The molecule has 0 aliphatic carbocycles. The molecule has 1 aromatic carbocycles. The van der Waals surface area contributed by atoms with E-state index >= 15 is 0 Å². The average molecular weight is 321 g/mol. The number of hydrogen-bond acceptors (Lipinski definition) is 2. The van der Waals surface area contributed by atoms with Crippen LogP contribution in [0.5, 0.6) is 0 Å². The molecule has 0 aromatic heterocycles. The van der Waals surface area contributed by atoms with Crippen molar-refractivity contribution in [1.29, 1.82) is 0 Å². The van der Waals surface area contributed by atoms with Crippen molar-refractivity contribution in [3.8, 4) is 0 Å². The maximum Gasteiger partial charge on any atom is 0.251 e. The Hall–Kier alpha value is -0.230. The topological polar surface area (TPSA) is 29.1 Å². The molecule has 0 saturated heterocycles. The van der Waals surface area contributed by atoms with Crippen LogP contribution < -0.4 is 5.32 Å². The monoisotopic (exact) mass is 321 g/mol. The fourth-order valence-corrected chi connectivity index (χ4v) is 1.76. The molecular weight excluding hydrogens is 309 g/mol. The van der Waals surface area contributed by atoms with Crippen molar-refractivity contribution in [3.05, 3.63) is 32.9 Å². The molecule has 4 heteroatoms. The largest absolute Gasteiger partial charge is 0.343 e. The van der Waals surface area contributed by atoms with Crippen LogP contribution in [-0.4, -0.2) is 18.0 Å². The van der Waals surface area contributed by atoms with Gasteiger partial charge in [-0.1, -0.05) is 6.07 Å². The van der Waals surface area contributed by atoms with Gasteiger partial charge in [-0.2, -0.15) is 0 Å². The normalized spacial score (nSPS) is 9.93. The van der Waals surface area contributed by atoms with Crippen LogP contribution in [0.25, 0.3) is 0 Å². The van der Waals surface area contributed by atoms with E-state index in [1.54, 1.807) is 11.8 Å². The van der Waals surface area contributed by atoms with Gasteiger partial charge in [-0.15, -0.1) is 11.8 Å². The molecule has 1 aromatic rings. The zero-order valence-corrected chi connectivity index (χ0v) is 11.1. The van der Waals surface area contributed by atoms with Crippen LogP contribution in [0.3, 0.4) is 0 Å². The number of rotatable bonds is 3. The van der Waals surface area contributed by atoms with Gasteiger partial charge in [-0.25, -0.2) is 0 Å². The Kier molecular flexibility index (Phi) is 4.74. The number of carbonyl (C=O) groups excluding carboxylic acids is 1. The average Bonchev–Trinajstić information content (AvgIpc) is 2.18. The maximum absolute atomic E-state index is 11.5. The summed E-state index contributed by atoms with van der Waals surface area (Å²) in [4.78, 5) is 11.5. The van der Waals surface area contributed by atoms with Gasteiger partial charge in [0.25, 0.3) is 5.91 Å². The van der Waals surface area contributed by atoms with Gasteiger partial charge in [-0.05, 0) is 53.5 Å². The van der Waals surface area contributed by atoms with Crippen molar-refractivity contribution >= 4 is 40.3 Å². The van der Waals surface area contributed by atoms with E-state index in [4.69, 9.17) is 0 Å². The van der Waals surface area contributed by atoms with Gasteiger partial charge in [0.05, 0.1) is 5.88 Å². The Balaban J connectivity index is 2.76. The molecule has 76 valence electrons. The first-order valence-electron chi connectivity index (χ1n) is 4.18. The molecule has 0 bridgehead atoms. The molecule has 0 radical (unpaired) electrons.